The molecule has 2 aliphatic rings. The van der Waals surface area contributed by atoms with Gasteiger partial charge in [0.1, 0.15) is 0 Å². The van der Waals surface area contributed by atoms with Crippen LogP contribution in [-0.2, 0) is 15.0 Å². The molecule has 2 fully saturated rings. The lowest BCUT2D eigenvalue weighted by Gasteiger charge is -2.38. The number of amides is 1. The number of nitrogens with two attached hydrogens (primary N) is 1. The van der Waals surface area contributed by atoms with Gasteiger partial charge in [0, 0.05) is 19.1 Å². The van der Waals surface area contributed by atoms with Crippen molar-refractivity contribution in [2.75, 3.05) is 32.7 Å². The molecular formula is C13H26N4O3S. The third kappa shape index (κ3) is 4.15. The third-order valence-electron chi connectivity index (χ3n) is 4.27. The van der Waals surface area contributed by atoms with E-state index in [4.69, 9.17) is 5.73 Å². The number of hydrogen-bond acceptors (Lipinski definition) is 4. The van der Waals surface area contributed by atoms with Crippen molar-refractivity contribution in [3.63, 3.8) is 0 Å². The average Bonchev–Trinajstić information content (AvgIpc) is 2.45. The van der Waals surface area contributed by atoms with Gasteiger partial charge >= 0.3 is 0 Å². The molecule has 0 bridgehead atoms. The maximum absolute atomic E-state index is 12.9. The SMILES string of the molecule is CC1CCCN(S(=O)(=O)N(CC(N)=O)C2CCNCC2)C1. The van der Waals surface area contributed by atoms with Gasteiger partial charge in [-0.05, 0) is 44.7 Å². The first kappa shape index (κ1) is 16.7. The van der Waals surface area contributed by atoms with Crippen LogP contribution in [0.25, 0.3) is 0 Å². The van der Waals surface area contributed by atoms with E-state index < -0.39 is 16.1 Å². The van der Waals surface area contributed by atoms with Crippen LogP contribution in [0.15, 0.2) is 0 Å². The quantitative estimate of drug-likeness (QED) is 0.714. The Morgan fingerprint density at radius 3 is 2.57 bits per heavy atom. The summed E-state index contributed by atoms with van der Waals surface area (Å²) in [4.78, 5) is 11.3. The molecule has 0 saturated carbocycles. The standard InChI is InChI=1S/C13H26N4O3S/c1-11-3-2-8-16(9-11)21(19,20)17(10-13(14)18)12-4-6-15-7-5-12/h11-12,15H,2-10H2,1H3,(H2,14,18). The van der Waals surface area contributed by atoms with Crippen molar-refractivity contribution < 1.29 is 13.2 Å². The fraction of sp³-hybridized carbons (Fsp3) is 0.923. The molecular weight excluding hydrogens is 292 g/mol. The van der Waals surface area contributed by atoms with Gasteiger partial charge in [-0.25, -0.2) is 0 Å². The van der Waals surface area contributed by atoms with Crippen LogP contribution in [0, 0.1) is 5.92 Å². The van der Waals surface area contributed by atoms with Crippen LogP contribution in [-0.4, -0.2) is 61.7 Å². The van der Waals surface area contributed by atoms with Crippen LogP contribution in [0.2, 0.25) is 0 Å². The molecule has 0 aromatic carbocycles. The van der Waals surface area contributed by atoms with Crippen LogP contribution >= 0.6 is 0 Å². The van der Waals surface area contributed by atoms with E-state index in [0.29, 0.717) is 19.0 Å². The number of carbonyl (C=O) groups excluding carboxylic acids is 1. The van der Waals surface area contributed by atoms with Gasteiger partial charge in [-0.3, -0.25) is 4.79 Å². The van der Waals surface area contributed by atoms with Crippen LogP contribution in [0.1, 0.15) is 32.6 Å². The van der Waals surface area contributed by atoms with Gasteiger partial charge < -0.3 is 11.1 Å². The highest BCUT2D eigenvalue weighted by molar-refractivity contribution is 7.86. The van der Waals surface area contributed by atoms with Gasteiger partial charge in [0.2, 0.25) is 5.91 Å². The van der Waals surface area contributed by atoms with E-state index in [1.807, 2.05) is 0 Å². The summed E-state index contributed by atoms with van der Waals surface area (Å²) in [5.74, 6) is -0.237. The Kier molecular flexibility index (Phi) is 5.59. The zero-order valence-corrected chi connectivity index (χ0v) is 13.4. The first-order valence-electron chi connectivity index (χ1n) is 7.67. The zero-order chi connectivity index (χ0) is 15.5. The normalized spacial score (nSPS) is 26.1. The van der Waals surface area contributed by atoms with Crippen LogP contribution in [0.3, 0.4) is 0 Å². The average molecular weight is 318 g/mol. The molecule has 0 aromatic rings. The van der Waals surface area contributed by atoms with Crippen molar-refractivity contribution in [2.24, 2.45) is 11.7 Å². The van der Waals surface area contributed by atoms with Gasteiger partial charge in [-0.1, -0.05) is 6.92 Å². The molecule has 0 spiro atoms. The predicted octanol–water partition coefficient (Wildman–Crippen LogP) is -0.498. The summed E-state index contributed by atoms with van der Waals surface area (Å²) < 4.78 is 28.6. The van der Waals surface area contributed by atoms with Crippen molar-refractivity contribution in [3.8, 4) is 0 Å². The van der Waals surface area contributed by atoms with Crippen molar-refractivity contribution in [1.82, 2.24) is 13.9 Å². The molecule has 2 aliphatic heterocycles. The van der Waals surface area contributed by atoms with Gasteiger partial charge in [0.15, 0.2) is 0 Å². The number of nitrogens with zero attached hydrogens (tertiary/aromatic N) is 2. The van der Waals surface area contributed by atoms with Gasteiger partial charge in [0.25, 0.3) is 10.2 Å². The highest BCUT2D eigenvalue weighted by Crippen LogP contribution is 2.24. The highest BCUT2D eigenvalue weighted by Gasteiger charge is 2.37. The molecule has 2 heterocycles. The fourth-order valence-electron chi connectivity index (χ4n) is 3.15. The Balaban J connectivity index is 2.18. The molecule has 21 heavy (non-hydrogen) atoms. The Morgan fingerprint density at radius 1 is 1.33 bits per heavy atom. The molecule has 0 aliphatic carbocycles. The summed E-state index contributed by atoms with van der Waals surface area (Å²) in [5, 5.41) is 3.21. The van der Waals surface area contributed by atoms with Crippen molar-refractivity contribution in [1.29, 1.82) is 0 Å². The number of piperidine rings is 2. The van der Waals surface area contributed by atoms with Crippen LogP contribution in [0.4, 0.5) is 0 Å². The molecule has 8 heteroatoms. The fourth-order valence-corrected chi connectivity index (χ4v) is 5.13. The molecule has 1 atom stereocenters. The lowest BCUT2D eigenvalue weighted by atomic mass is 10.0. The zero-order valence-electron chi connectivity index (χ0n) is 12.6. The highest BCUT2D eigenvalue weighted by atomic mass is 32.2. The Hall–Kier alpha value is -0.700. The van der Waals surface area contributed by atoms with E-state index in [2.05, 4.69) is 12.2 Å². The first-order valence-corrected chi connectivity index (χ1v) is 9.07. The second kappa shape index (κ2) is 7.04. The van der Waals surface area contributed by atoms with Crippen molar-refractivity contribution in [3.05, 3.63) is 0 Å². The summed E-state index contributed by atoms with van der Waals surface area (Å²) in [6.45, 7) is 4.44. The molecule has 0 radical (unpaired) electrons. The maximum atomic E-state index is 12.9. The van der Waals surface area contributed by atoms with Gasteiger partial charge in [-0.2, -0.15) is 17.0 Å². The van der Waals surface area contributed by atoms with Crippen molar-refractivity contribution in [2.45, 2.75) is 38.6 Å². The summed E-state index contributed by atoms with van der Waals surface area (Å²) in [5.41, 5.74) is 5.27. The minimum absolute atomic E-state index is 0.138. The Bertz CT molecular complexity index is 462. The van der Waals surface area contributed by atoms with E-state index in [1.165, 1.54) is 8.61 Å². The first-order chi connectivity index (χ1) is 9.91. The molecule has 3 N–H and O–H groups in total. The van der Waals surface area contributed by atoms with E-state index >= 15 is 0 Å². The van der Waals surface area contributed by atoms with E-state index in [0.717, 1.165) is 38.8 Å². The van der Waals surface area contributed by atoms with E-state index in [1.54, 1.807) is 0 Å². The second-order valence-electron chi connectivity index (χ2n) is 6.11. The molecule has 2 saturated heterocycles. The number of carbonyl (C=O) groups is 1. The van der Waals surface area contributed by atoms with Crippen LogP contribution in [0.5, 0.6) is 0 Å². The number of primary amides is 1. The Morgan fingerprint density at radius 2 is 2.00 bits per heavy atom. The van der Waals surface area contributed by atoms with E-state index in [-0.39, 0.29) is 12.6 Å². The largest absolute Gasteiger partial charge is 0.369 e. The minimum atomic E-state index is -3.61. The summed E-state index contributed by atoms with van der Waals surface area (Å²) in [6, 6.07) is -0.138. The topological polar surface area (TPSA) is 95.7 Å². The van der Waals surface area contributed by atoms with Crippen LogP contribution < -0.4 is 11.1 Å². The summed E-state index contributed by atoms with van der Waals surface area (Å²) >= 11 is 0. The lowest BCUT2D eigenvalue weighted by Crippen LogP contribution is -2.55. The number of nitrogens with one attached hydrogen (secondary N) is 1. The molecule has 1 unspecified atom stereocenters. The second-order valence-corrected chi connectivity index (χ2v) is 7.99. The maximum Gasteiger partial charge on any atom is 0.282 e. The third-order valence-corrected chi connectivity index (χ3v) is 6.27. The summed E-state index contributed by atoms with van der Waals surface area (Å²) in [6.07, 6.45) is 3.36. The lowest BCUT2D eigenvalue weighted by molar-refractivity contribution is -0.118. The smallest absolute Gasteiger partial charge is 0.282 e. The molecule has 122 valence electrons. The number of rotatable bonds is 5. The monoisotopic (exact) mass is 318 g/mol. The van der Waals surface area contributed by atoms with E-state index in [9.17, 15) is 13.2 Å². The minimum Gasteiger partial charge on any atom is -0.369 e. The molecule has 7 nitrogen and oxygen atoms in total. The van der Waals surface area contributed by atoms with Gasteiger partial charge in [-0.15, -0.1) is 0 Å². The molecule has 1 amide bonds. The predicted molar refractivity (Wildman–Crippen MR) is 80.7 cm³/mol. The van der Waals surface area contributed by atoms with Crippen molar-refractivity contribution >= 4 is 16.1 Å². The number of hydrogen-bond donors (Lipinski definition) is 2. The molecule has 2 rings (SSSR count). The molecule has 0 aromatic heterocycles. The Labute approximate surface area is 127 Å². The van der Waals surface area contributed by atoms with Gasteiger partial charge in [0.05, 0.1) is 6.54 Å². The summed E-state index contributed by atoms with van der Waals surface area (Å²) in [7, 11) is -3.61.